The van der Waals surface area contributed by atoms with Gasteiger partial charge in [-0.2, -0.15) is 0 Å². The van der Waals surface area contributed by atoms with Gasteiger partial charge in [0.1, 0.15) is 11.5 Å². The molecule has 0 fully saturated rings. The lowest BCUT2D eigenvalue weighted by atomic mass is 10.1. The molecule has 0 bridgehead atoms. The van der Waals surface area contributed by atoms with Crippen LogP contribution >= 0.6 is 0 Å². The molecule has 0 spiro atoms. The van der Waals surface area contributed by atoms with Gasteiger partial charge < -0.3 is 14.6 Å². The maximum atomic E-state index is 12.0. The van der Waals surface area contributed by atoms with Crippen LogP contribution < -0.4 is 14.8 Å². The van der Waals surface area contributed by atoms with Gasteiger partial charge in [0, 0.05) is 0 Å². The quantitative estimate of drug-likeness (QED) is 0.871. The Labute approximate surface area is 115 Å². The Morgan fingerprint density at radius 2 is 2.00 bits per heavy atom. The molecule has 0 radical (unpaired) electrons. The van der Waals surface area contributed by atoms with E-state index in [4.69, 9.17) is 9.47 Å². The molecule has 1 aliphatic rings. The minimum absolute atomic E-state index is 0.335. The van der Waals surface area contributed by atoms with E-state index in [2.05, 4.69) is 5.32 Å². The Kier molecular flexibility index (Phi) is 2.84. The van der Waals surface area contributed by atoms with Crippen molar-refractivity contribution in [1.82, 2.24) is 5.32 Å². The van der Waals surface area contributed by atoms with Crippen LogP contribution in [0.25, 0.3) is 0 Å². The average Bonchev–Trinajstić information content (AvgIpc) is 2.47. The molecule has 1 amide bonds. The fraction of sp³-hybridized carbons (Fsp3) is 0.133. The van der Waals surface area contributed by atoms with E-state index in [-0.39, 0.29) is 0 Å². The van der Waals surface area contributed by atoms with E-state index in [0.717, 1.165) is 0 Å². The van der Waals surface area contributed by atoms with E-state index in [1.165, 1.54) is 7.11 Å². The van der Waals surface area contributed by atoms with Crippen molar-refractivity contribution in [2.75, 3.05) is 7.11 Å². The monoisotopic (exact) mass is 271 g/mol. The highest BCUT2D eigenvalue weighted by atomic mass is 16.6. The highest BCUT2D eigenvalue weighted by Gasteiger charge is 2.39. The summed E-state index contributed by atoms with van der Waals surface area (Å²) in [5.41, 5.74) is 0.778. The Bertz CT molecular complexity index is 670. The second-order valence-electron chi connectivity index (χ2n) is 4.43. The van der Waals surface area contributed by atoms with Crippen molar-refractivity contribution >= 4 is 5.91 Å². The van der Waals surface area contributed by atoms with Crippen molar-refractivity contribution in [3.8, 4) is 11.5 Å². The molecule has 20 heavy (non-hydrogen) atoms. The van der Waals surface area contributed by atoms with Crippen LogP contribution in [0.3, 0.4) is 0 Å². The third kappa shape index (κ3) is 1.98. The Morgan fingerprint density at radius 1 is 1.20 bits per heavy atom. The van der Waals surface area contributed by atoms with E-state index in [1.54, 1.807) is 48.5 Å². The zero-order valence-corrected chi connectivity index (χ0v) is 10.8. The van der Waals surface area contributed by atoms with Crippen molar-refractivity contribution in [1.29, 1.82) is 0 Å². The number of carbonyl (C=O) groups excluding carboxylic acids is 1. The van der Waals surface area contributed by atoms with Crippen LogP contribution in [-0.4, -0.2) is 18.1 Å². The maximum absolute atomic E-state index is 12.0. The summed E-state index contributed by atoms with van der Waals surface area (Å²) in [6.45, 7) is 0. The lowest BCUT2D eigenvalue weighted by Crippen LogP contribution is -2.53. The van der Waals surface area contributed by atoms with Gasteiger partial charge in [-0.1, -0.05) is 24.3 Å². The highest BCUT2D eigenvalue weighted by molar-refractivity contribution is 5.98. The number of para-hydroxylation sites is 1. The number of rotatable bonds is 2. The summed E-state index contributed by atoms with van der Waals surface area (Å²) in [5.74, 6) is -1.40. The summed E-state index contributed by atoms with van der Waals surface area (Å²) in [5, 5.41) is 13.0. The molecule has 5 heteroatoms. The normalized spacial score (nSPS) is 20.6. The fourth-order valence-corrected chi connectivity index (χ4v) is 2.11. The molecule has 2 aromatic carbocycles. The van der Waals surface area contributed by atoms with Crippen LogP contribution in [0.1, 0.15) is 15.9 Å². The molecule has 0 aliphatic carbocycles. The summed E-state index contributed by atoms with van der Waals surface area (Å²) < 4.78 is 10.7. The minimum Gasteiger partial charge on any atom is -0.497 e. The second kappa shape index (κ2) is 4.54. The molecule has 5 nitrogen and oxygen atoms in total. The first-order chi connectivity index (χ1) is 9.62. The smallest absolute Gasteiger partial charge is 0.321 e. The molecule has 0 saturated carbocycles. The Morgan fingerprint density at radius 3 is 2.80 bits per heavy atom. The maximum Gasteiger partial charge on any atom is 0.321 e. The van der Waals surface area contributed by atoms with Gasteiger partial charge in [0.25, 0.3) is 5.91 Å². The molecule has 3 rings (SSSR count). The van der Waals surface area contributed by atoms with Crippen LogP contribution in [-0.2, 0) is 5.91 Å². The zero-order chi connectivity index (χ0) is 14.2. The standard InChI is InChI=1S/C15H13NO4/c1-19-11-6-4-5-10(9-11)15(18)16-14(17)12-7-2-3-8-13(12)20-15/h2-9,18H,1H3,(H,16,17). The number of ether oxygens (including phenoxy) is 2. The van der Waals surface area contributed by atoms with Crippen LogP contribution in [0.4, 0.5) is 0 Å². The molecule has 2 N–H and O–H groups in total. The lowest BCUT2D eigenvalue weighted by Gasteiger charge is -2.34. The number of benzene rings is 2. The zero-order valence-electron chi connectivity index (χ0n) is 10.8. The molecule has 1 aliphatic heterocycles. The van der Waals surface area contributed by atoms with E-state index >= 15 is 0 Å². The van der Waals surface area contributed by atoms with E-state index in [0.29, 0.717) is 22.6 Å². The number of nitrogens with one attached hydrogen (secondary N) is 1. The van der Waals surface area contributed by atoms with Gasteiger partial charge in [-0.3, -0.25) is 10.1 Å². The van der Waals surface area contributed by atoms with Gasteiger partial charge in [-0.05, 0) is 24.3 Å². The lowest BCUT2D eigenvalue weighted by molar-refractivity contribution is -0.167. The Hall–Kier alpha value is -2.53. The summed E-state index contributed by atoms with van der Waals surface area (Å²) >= 11 is 0. The summed E-state index contributed by atoms with van der Waals surface area (Å²) in [4.78, 5) is 12.0. The van der Waals surface area contributed by atoms with E-state index < -0.39 is 11.8 Å². The molecule has 0 aromatic heterocycles. The fourth-order valence-electron chi connectivity index (χ4n) is 2.11. The third-order valence-corrected chi connectivity index (χ3v) is 3.13. The predicted molar refractivity (Wildman–Crippen MR) is 71.4 cm³/mol. The molecule has 1 atom stereocenters. The summed E-state index contributed by atoms with van der Waals surface area (Å²) in [7, 11) is 1.53. The molecule has 1 unspecified atom stereocenters. The molecule has 1 heterocycles. The van der Waals surface area contributed by atoms with Gasteiger partial charge in [0.05, 0.1) is 18.2 Å². The topological polar surface area (TPSA) is 67.8 Å². The second-order valence-corrected chi connectivity index (χ2v) is 4.43. The SMILES string of the molecule is COc1cccc(C2(O)NC(=O)c3ccccc3O2)c1. The van der Waals surface area contributed by atoms with Crippen molar-refractivity contribution in [2.24, 2.45) is 0 Å². The molecule has 102 valence electrons. The van der Waals surface area contributed by atoms with Crippen LogP contribution in [0, 0.1) is 0 Å². The van der Waals surface area contributed by atoms with Crippen molar-refractivity contribution in [3.05, 3.63) is 59.7 Å². The van der Waals surface area contributed by atoms with Gasteiger partial charge in [-0.25, -0.2) is 0 Å². The van der Waals surface area contributed by atoms with Gasteiger partial charge in [-0.15, -0.1) is 0 Å². The van der Waals surface area contributed by atoms with Crippen molar-refractivity contribution in [2.45, 2.75) is 5.91 Å². The molecular formula is C15H13NO4. The molecule has 2 aromatic rings. The van der Waals surface area contributed by atoms with Crippen LogP contribution in [0.15, 0.2) is 48.5 Å². The van der Waals surface area contributed by atoms with Gasteiger partial charge >= 0.3 is 5.91 Å². The highest BCUT2D eigenvalue weighted by Crippen LogP contribution is 2.32. The van der Waals surface area contributed by atoms with E-state index in [9.17, 15) is 9.90 Å². The van der Waals surface area contributed by atoms with Crippen LogP contribution in [0.5, 0.6) is 11.5 Å². The third-order valence-electron chi connectivity index (χ3n) is 3.13. The first-order valence-corrected chi connectivity index (χ1v) is 6.10. The van der Waals surface area contributed by atoms with E-state index in [1.807, 2.05) is 0 Å². The minimum atomic E-state index is -1.90. The number of methoxy groups -OCH3 is 1. The number of aliphatic hydroxyl groups is 1. The van der Waals surface area contributed by atoms with Crippen molar-refractivity contribution in [3.63, 3.8) is 0 Å². The number of hydrogen-bond acceptors (Lipinski definition) is 4. The number of carbonyl (C=O) groups is 1. The van der Waals surface area contributed by atoms with Gasteiger partial charge in [0.2, 0.25) is 0 Å². The average molecular weight is 271 g/mol. The number of amides is 1. The largest absolute Gasteiger partial charge is 0.497 e. The van der Waals surface area contributed by atoms with Crippen LogP contribution in [0.2, 0.25) is 0 Å². The first kappa shape index (κ1) is 12.5. The summed E-state index contributed by atoms with van der Waals surface area (Å²) in [6, 6.07) is 13.5. The molecular weight excluding hydrogens is 258 g/mol. The predicted octanol–water partition coefficient (Wildman–Crippen LogP) is 1.62. The first-order valence-electron chi connectivity index (χ1n) is 6.10. The van der Waals surface area contributed by atoms with Gasteiger partial charge in [0.15, 0.2) is 0 Å². The number of hydrogen-bond donors (Lipinski definition) is 2. The van der Waals surface area contributed by atoms with Crippen molar-refractivity contribution < 1.29 is 19.4 Å². The Balaban J connectivity index is 2.04. The summed E-state index contributed by atoms with van der Waals surface area (Å²) in [6.07, 6.45) is 0. The number of fused-ring (bicyclic) bond motifs is 1. The molecule has 0 saturated heterocycles.